The first-order valence-electron chi connectivity index (χ1n) is 18.0. The number of aliphatic hydroxyl groups is 1. The van der Waals surface area contributed by atoms with Crippen molar-refractivity contribution in [2.75, 3.05) is 59.1 Å². The predicted octanol–water partition coefficient (Wildman–Crippen LogP) is 3.16. The van der Waals surface area contributed by atoms with Crippen LogP contribution in [0.3, 0.4) is 0 Å². The normalized spacial score (nSPS) is 29.4. The first kappa shape index (κ1) is 36.0. The van der Waals surface area contributed by atoms with Crippen LogP contribution in [-0.4, -0.2) is 125 Å². The minimum absolute atomic E-state index is 0.110. The molecule has 4 fully saturated rings. The van der Waals surface area contributed by atoms with Crippen LogP contribution in [0.1, 0.15) is 31.4 Å². The summed E-state index contributed by atoms with van der Waals surface area (Å²) in [5.41, 5.74) is -0.301. The summed E-state index contributed by atoms with van der Waals surface area (Å²) in [6, 6.07) is 17.7. The molecule has 10 nitrogen and oxygen atoms in total. The Balaban J connectivity index is 1.40. The van der Waals surface area contributed by atoms with Crippen molar-refractivity contribution < 1.29 is 29.0 Å². The first-order valence-corrected chi connectivity index (χ1v) is 18.0. The van der Waals surface area contributed by atoms with Gasteiger partial charge in [0.2, 0.25) is 17.7 Å². The topological polar surface area (TPSA) is 103 Å². The molecule has 1 N–H and O–H groups in total. The zero-order valence-electron chi connectivity index (χ0n) is 29.5. The number of rotatable bonds is 15. The number of hydrogen-bond donors (Lipinski definition) is 1. The Morgan fingerprint density at radius 2 is 1.60 bits per heavy atom. The van der Waals surface area contributed by atoms with Gasteiger partial charge in [0.15, 0.2) is 0 Å². The van der Waals surface area contributed by atoms with Crippen LogP contribution in [0.25, 0.3) is 0 Å². The average molecular weight is 685 g/mol. The Labute approximate surface area is 296 Å². The van der Waals surface area contributed by atoms with Gasteiger partial charge in [0.1, 0.15) is 11.6 Å². The van der Waals surface area contributed by atoms with E-state index in [9.17, 15) is 9.90 Å². The number of benzene rings is 2. The number of hydrogen-bond acceptors (Lipinski definition) is 7. The van der Waals surface area contributed by atoms with Crippen molar-refractivity contribution in [1.29, 1.82) is 0 Å². The summed E-state index contributed by atoms with van der Waals surface area (Å²) >= 11 is 0. The van der Waals surface area contributed by atoms with Crippen LogP contribution in [-0.2, 0) is 36.8 Å². The lowest BCUT2D eigenvalue weighted by Crippen LogP contribution is -2.60. The summed E-state index contributed by atoms with van der Waals surface area (Å²) in [4.78, 5) is 52.4. The zero-order valence-corrected chi connectivity index (χ0v) is 29.5. The fourth-order valence-electron chi connectivity index (χ4n) is 8.96. The van der Waals surface area contributed by atoms with Crippen molar-refractivity contribution in [2.24, 2.45) is 17.8 Å². The lowest BCUT2D eigenvalue weighted by Gasteiger charge is -2.40. The third kappa shape index (κ3) is 6.54. The first-order chi connectivity index (χ1) is 24.2. The molecule has 0 aromatic heterocycles. The lowest BCUT2D eigenvalue weighted by atomic mass is 9.62. The maximum absolute atomic E-state index is 15.1. The monoisotopic (exact) mass is 684 g/mol. The molecule has 10 heteroatoms. The van der Waals surface area contributed by atoms with Crippen LogP contribution in [0.2, 0.25) is 0 Å². The number of morpholine rings is 1. The number of aliphatic hydroxyl groups excluding tert-OH is 1. The third-order valence-corrected chi connectivity index (χ3v) is 11.5. The number of fused-ring (bicyclic) bond motifs is 1. The molecule has 1 spiro atoms. The molecule has 4 aliphatic heterocycles. The van der Waals surface area contributed by atoms with Crippen LogP contribution in [0.4, 0.5) is 0 Å². The van der Waals surface area contributed by atoms with Gasteiger partial charge in [0.05, 0.1) is 43.3 Å². The maximum atomic E-state index is 15.1. The molecule has 4 heterocycles. The molecule has 3 unspecified atom stereocenters. The van der Waals surface area contributed by atoms with Crippen LogP contribution in [0.5, 0.6) is 0 Å². The molecular weight excluding hydrogens is 632 g/mol. The smallest absolute Gasteiger partial charge is 0.248 e. The highest BCUT2D eigenvalue weighted by Crippen LogP contribution is 2.66. The molecule has 268 valence electrons. The fourth-order valence-corrected chi connectivity index (χ4v) is 8.96. The van der Waals surface area contributed by atoms with Crippen molar-refractivity contribution in [3.8, 4) is 0 Å². The van der Waals surface area contributed by atoms with Gasteiger partial charge in [0, 0.05) is 45.8 Å². The summed E-state index contributed by atoms with van der Waals surface area (Å²) in [5, 5.41) is 10.9. The van der Waals surface area contributed by atoms with Gasteiger partial charge in [-0.2, -0.15) is 0 Å². The van der Waals surface area contributed by atoms with E-state index in [0.29, 0.717) is 58.8 Å². The molecule has 2 aromatic carbocycles. The van der Waals surface area contributed by atoms with E-state index in [2.05, 4.69) is 25.0 Å². The van der Waals surface area contributed by atoms with E-state index in [1.807, 2.05) is 67.6 Å². The molecule has 0 aliphatic carbocycles. The van der Waals surface area contributed by atoms with Gasteiger partial charge >= 0.3 is 0 Å². The van der Waals surface area contributed by atoms with Crippen molar-refractivity contribution in [2.45, 2.75) is 56.5 Å². The van der Waals surface area contributed by atoms with E-state index in [1.54, 1.807) is 26.9 Å². The average Bonchev–Trinajstić information content (AvgIpc) is 3.65. The Morgan fingerprint density at radius 3 is 2.22 bits per heavy atom. The molecule has 4 saturated heterocycles. The van der Waals surface area contributed by atoms with Gasteiger partial charge < -0.3 is 29.3 Å². The van der Waals surface area contributed by atoms with E-state index in [-0.39, 0.29) is 30.2 Å². The highest BCUT2D eigenvalue weighted by atomic mass is 16.5. The quantitative estimate of drug-likeness (QED) is 0.288. The number of carbonyl (C=O) groups excluding carboxylic acids is 3. The van der Waals surface area contributed by atoms with Crippen molar-refractivity contribution in [1.82, 2.24) is 19.6 Å². The van der Waals surface area contributed by atoms with Gasteiger partial charge in [-0.1, -0.05) is 79.7 Å². The van der Waals surface area contributed by atoms with E-state index >= 15 is 9.59 Å². The zero-order chi connectivity index (χ0) is 35.5. The second kappa shape index (κ2) is 15.2. The highest BCUT2D eigenvalue weighted by Gasteiger charge is 2.80. The molecule has 2 aromatic rings. The van der Waals surface area contributed by atoms with Crippen LogP contribution < -0.4 is 0 Å². The molecule has 0 saturated carbocycles. The summed E-state index contributed by atoms with van der Waals surface area (Å²) in [7, 11) is 0. The third-order valence-electron chi connectivity index (χ3n) is 11.5. The highest BCUT2D eigenvalue weighted by molar-refractivity contribution is 5.99. The lowest BCUT2D eigenvalue weighted by molar-refractivity contribution is -0.157. The molecule has 50 heavy (non-hydrogen) atoms. The van der Waals surface area contributed by atoms with Gasteiger partial charge in [0.25, 0.3) is 0 Å². The maximum Gasteiger partial charge on any atom is 0.248 e. The summed E-state index contributed by atoms with van der Waals surface area (Å²) in [5.74, 6) is -2.55. The van der Waals surface area contributed by atoms with Gasteiger partial charge in [-0.25, -0.2) is 0 Å². The standard InChI is InChI=1S/C40H52N4O6/c1-5-17-42(20-19-41-21-23-49-24-22-41)38(48)35-40-26-29(3)39(4,50-40)33(36(46)43(18-6-2)27-31-15-11-8-12-16-31)34(40)37(47)44(35)32(28-45)25-30-13-9-7-10-14-30/h5-16,29,32-35,45H,1-2,17-28H2,3-4H3/t29?,32-,33+,34+,35?,39-,40?/m1/s1. The Bertz CT molecular complexity index is 1530. The van der Waals surface area contributed by atoms with Crippen molar-refractivity contribution in [3.63, 3.8) is 0 Å². The van der Waals surface area contributed by atoms with Gasteiger partial charge in [-0.3, -0.25) is 19.3 Å². The van der Waals surface area contributed by atoms with Crippen LogP contribution in [0.15, 0.2) is 86.0 Å². The van der Waals surface area contributed by atoms with Crippen molar-refractivity contribution in [3.05, 3.63) is 97.1 Å². The predicted molar refractivity (Wildman–Crippen MR) is 191 cm³/mol. The number of carbonyl (C=O) groups is 3. The number of likely N-dealkylation sites (tertiary alicyclic amines) is 1. The van der Waals surface area contributed by atoms with Crippen LogP contribution >= 0.6 is 0 Å². The molecular formula is C40H52N4O6. The molecule has 3 amide bonds. The Kier molecular flexibility index (Phi) is 10.9. The molecule has 6 rings (SSSR count). The van der Waals surface area contributed by atoms with E-state index in [1.165, 1.54) is 0 Å². The van der Waals surface area contributed by atoms with E-state index in [4.69, 9.17) is 9.47 Å². The second-order valence-electron chi connectivity index (χ2n) is 14.5. The fraction of sp³-hybridized carbons (Fsp3) is 0.525. The molecule has 4 aliphatic rings. The number of nitrogens with zero attached hydrogens (tertiary/aromatic N) is 4. The number of ether oxygens (including phenoxy) is 2. The van der Waals surface area contributed by atoms with Crippen molar-refractivity contribution >= 4 is 17.7 Å². The minimum atomic E-state index is -1.24. The SMILES string of the molecule is C=CCN(CCN1CCOCC1)C(=O)C1N([C@@H](CO)Cc2ccccc2)C(=O)[C@@H]2[C@@H](C(=O)N(CC=C)Cc3ccccc3)[C@]3(C)OC12CC3C. The molecule has 7 atom stereocenters. The second-order valence-corrected chi connectivity index (χ2v) is 14.5. The molecule has 2 bridgehead atoms. The minimum Gasteiger partial charge on any atom is -0.394 e. The van der Waals surface area contributed by atoms with Gasteiger partial charge in [-0.05, 0) is 36.8 Å². The summed E-state index contributed by atoms with van der Waals surface area (Å²) in [6.07, 6.45) is 4.22. The summed E-state index contributed by atoms with van der Waals surface area (Å²) < 4.78 is 12.6. The molecule has 0 radical (unpaired) electrons. The Morgan fingerprint density at radius 1 is 0.980 bits per heavy atom. The number of amides is 3. The summed E-state index contributed by atoms with van der Waals surface area (Å²) in [6.45, 7) is 16.4. The van der Waals surface area contributed by atoms with Gasteiger partial charge in [-0.15, -0.1) is 13.2 Å². The van der Waals surface area contributed by atoms with E-state index < -0.39 is 35.1 Å². The van der Waals surface area contributed by atoms with Crippen LogP contribution in [0, 0.1) is 17.8 Å². The van der Waals surface area contributed by atoms with E-state index in [0.717, 1.165) is 24.2 Å². The Hall–Kier alpha value is -3.83. The largest absolute Gasteiger partial charge is 0.394 e.